The van der Waals surface area contributed by atoms with Gasteiger partial charge in [0.15, 0.2) is 5.82 Å². The summed E-state index contributed by atoms with van der Waals surface area (Å²) in [6, 6.07) is 15.0. The van der Waals surface area contributed by atoms with E-state index in [1.807, 2.05) is 42.5 Å². The monoisotopic (exact) mass is 523 g/mol. The van der Waals surface area contributed by atoms with Crippen molar-refractivity contribution in [2.75, 3.05) is 23.3 Å². The van der Waals surface area contributed by atoms with Crippen molar-refractivity contribution in [2.45, 2.75) is 44.6 Å². The fourth-order valence-corrected chi connectivity index (χ4v) is 4.89. The number of nitrogens with one attached hydrogen (secondary N) is 1. The van der Waals surface area contributed by atoms with Crippen LogP contribution in [-0.2, 0) is 16.6 Å². The number of carbonyl (C=O) groups is 2. The van der Waals surface area contributed by atoms with E-state index in [0.29, 0.717) is 16.6 Å². The van der Waals surface area contributed by atoms with Crippen LogP contribution in [0.15, 0.2) is 48.5 Å². The molecule has 0 unspecified atom stereocenters. The van der Waals surface area contributed by atoms with Crippen LogP contribution >= 0.6 is 11.6 Å². The molecule has 1 saturated carbocycles. The number of piperidine rings is 1. The minimum absolute atomic E-state index is 0.0757. The summed E-state index contributed by atoms with van der Waals surface area (Å²) in [6.07, 6.45) is 2.48. The average molecular weight is 524 g/mol. The molecule has 0 radical (unpaired) electrons. The van der Waals surface area contributed by atoms with Crippen LogP contribution in [0.1, 0.15) is 55.9 Å². The number of amides is 1. The highest BCUT2D eigenvalue weighted by atomic mass is 35.5. The second-order valence-electron chi connectivity index (χ2n) is 9.59. The lowest BCUT2D eigenvalue weighted by Crippen LogP contribution is -2.33. The molecule has 0 bridgehead atoms. The van der Waals surface area contributed by atoms with E-state index in [-0.39, 0.29) is 17.8 Å². The van der Waals surface area contributed by atoms with Crippen molar-refractivity contribution in [2.24, 2.45) is 13.0 Å². The molecule has 1 saturated heterocycles. The van der Waals surface area contributed by atoms with Gasteiger partial charge in [-0.15, -0.1) is 5.10 Å². The quantitative estimate of drug-likeness (QED) is 0.323. The van der Waals surface area contributed by atoms with Gasteiger partial charge in [0.2, 0.25) is 0 Å². The molecule has 37 heavy (non-hydrogen) atoms. The van der Waals surface area contributed by atoms with Gasteiger partial charge in [0, 0.05) is 42.3 Å². The first kappa shape index (κ1) is 25.1. The van der Waals surface area contributed by atoms with E-state index in [4.69, 9.17) is 21.1 Å². The molecular formula is C27H30ClN5O4. The number of aryl methyl sites for hydroxylation is 1. The van der Waals surface area contributed by atoms with Gasteiger partial charge in [0.05, 0.1) is 5.92 Å². The number of rotatable bonds is 7. The molecule has 9 nitrogen and oxygen atoms in total. The molecule has 1 aliphatic carbocycles. The number of carbonyl (C=O) groups excluding carboxylic acids is 2. The van der Waals surface area contributed by atoms with Crippen molar-refractivity contribution in [1.82, 2.24) is 15.0 Å². The molecule has 1 atom stereocenters. The van der Waals surface area contributed by atoms with Gasteiger partial charge in [-0.3, -0.25) is 10.1 Å². The summed E-state index contributed by atoms with van der Waals surface area (Å²) in [5.74, 6) is 1.22. The van der Waals surface area contributed by atoms with Crippen molar-refractivity contribution >= 4 is 35.2 Å². The Kier molecular flexibility index (Phi) is 7.32. The molecule has 2 fully saturated rings. The zero-order chi connectivity index (χ0) is 25.9. The fraction of sp³-hybridized carbons (Fsp3) is 0.407. The third-order valence-corrected chi connectivity index (χ3v) is 7.26. The molecular weight excluding hydrogens is 494 g/mol. The second kappa shape index (κ2) is 10.8. The predicted molar refractivity (Wildman–Crippen MR) is 140 cm³/mol. The summed E-state index contributed by atoms with van der Waals surface area (Å²) in [5.41, 5.74) is 2.58. The van der Waals surface area contributed by atoms with E-state index in [1.54, 1.807) is 24.7 Å². The summed E-state index contributed by atoms with van der Waals surface area (Å²) < 4.78 is 12.6. The SMILES string of the molecule is C[C@@H](OC(=O)Nc1c(C2CCN(c3ccc(OC(=O)C4CC4)cc3)CC2)nnn1C)c1ccccc1Cl. The lowest BCUT2D eigenvalue weighted by atomic mass is 9.93. The van der Waals surface area contributed by atoms with E-state index in [2.05, 4.69) is 20.5 Å². The van der Waals surface area contributed by atoms with Gasteiger partial charge in [0.25, 0.3) is 0 Å². The Morgan fingerprint density at radius 2 is 1.76 bits per heavy atom. The number of esters is 1. The second-order valence-corrected chi connectivity index (χ2v) is 10.00. The van der Waals surface area contributed by atoms with Gasteiger partial charge in [-0.2, -0.15) is 0 Å². The lowest BCUT2D eigenvalue weighted by Gasteiger charge is -2.33. The first-order chi connectivity index (χ1) is 17.9. The summed E-state index contributed by atoms with van der Waals surface area (Å²) in [6.45, 7) is 3.44. The first-order valence-electron chi connectivity index (χ1n) is 12.6. The maximum Gasteiger partial charge on any atom is 0.413 e. The van der Waals surface area contributed by atoms with E-state index in [1.165, 1.54) is 0 Å². The Morgan fingerprint density at radius 1 is 1.05 bits per heavy atom. The molecule has 2 aromatic carbocycles. The van der Waals surface area contributed by atoms with Crippen molar-refractivity contribution in [1.29, 1.82) is 0 Å². The molecule has 194 valence electrons. The molecule has 10 heteroatoms. The smallest absolute Gasteiger partial charge is 0.413 e. The normalized spacial score (nSPS) is 16.8. The zero-order valence-electron chi connectivity index (χ0n) is 20.9. The Bertz CT molecular complexity index is 1270. The standard InChI is InChI=1S/C27H30ClN5O4/c1-17(22-5-3-4-6-23(22)28)36-27(35)29-25-24(30-31-32(25)2)18-13-15-33(16-14-18)20-9-11-21(12-10-20)37-26(34)19-7-8-19/h3-6,9-12,17-19H,7-8,13-16H2,1-2H3,(H,29,35)/t17-/m1/s1. The largest absolute Gasteiger partial charge is 0.441 e. The number of anilines is 2. The third kappa shape index (κ3) is 5.88. The van der Waals surface area contributed by atoms with E-state index < -0.39 is 12.2 Å². The van der Waals surface area contributed by atoms with Gasteiger partial charge in [-0.05, 0) is 62.9 Å². The van der Waals surface area contributed by atoms with Crippen LogP contribution in [0.25, 0.3) is 0 Å². The Balaban J connectivity index is 1.17. The van der Waals surface area contributed by atoms with Gasteiger partial charge >= 0.3 is 12.1 Å². The molecule has 1 aliphatic heterocycles. The van der Waals surface area contributed by atoms with Crippen LogP contribution < -0.4 is 15.0 Å². The van der Waals surface area contributed by atoms with Crippen molar-refractivity contribution < 1.29 is 19.1 Å². The molecule has 1 aromatic heterocycles. The first-order valence-corrected chi connectivity index (χ1v) is 12.9. The van der Waals surface area contributed by atoms with Crippen LogP contribution in [0.3, 0.4) is 0 Å². The van der Waals surface area contributed by atoms with Crippen LogP contribution in [0.4, 0.5) is 16.3 Å². The Labute approximate surface area is 220 Å². The highest BCUT2D eigenvalue weighted by Crippen LogP contribution is 2.35. The maximum absolute atomic E-state index is 12.7. The number of benzene rings is 2. The van der Waals surface area contributed by atoms with Crippen molar-refractivity contribution in [3.8, 4) is 5.75 Å². The van der Waals surface area contributed by atoms with E-state index in [9.17, 15) is 9.59 Å². The van der Waals surface area contributed by atoms with E-state index >= 15 is 0 Å². The Hall–Kier alpha value is -3.59. The highest BCUT2D eigenvalue weighted by molar-refractivity contribution is 6.31. The Morgan fingerprint density at radius 3 is 2.43 bits per heavy atom. The molecule has 1 amide bonds. The highest BCUT2D eigenvalue weighted by Gasteiger charge is 2.32. The third-order valence-electron chi connectivity index (χ3n) is 6.91. The summed E-state index contributed by atoms with van der Waals surface area (Å²) in [5, 5.41) is 11.9. The number of ether oxygens (including phenoxy) is 2. The van der Waals surface area contributed by atoms with Crippen molar-refractivity contribution in [3.05, 3.63) is 64.8 Å². The fourth-order valence-electron chi connectivity index (χ4n) is 4.60. The van der Waals surface area contributed by atoms with Crippen molar-refractivity contribution in [3.63, 3.8) is 0 Å². The molecule has 2 aliphatic rings. The van der Waals surface area contributed by atoms with Crippen LogP contribution in [-0.4, -0.2) is 40.1 Å². The van der Waals surface area contributed by atoms with Gasteiger partial charge in [-0.25, -0.2) is 9.48 Å². The molecule has 5 rings (SSSR count). The van der Waals surface area contributed by atoms with E-state index in [0.717, 1.165) is 55.7 Å². The van der Waals surface area contributed by atoms with Crippen LogP contribution in [0.5, 0.6) is 5.75 Å². The summed E-state index contributed by atoms with van der Waals surface area (Å²) in [4.78, 5) is 26.9. The van der Waals surface area contributed by atoms with Gasteiger partial charge in [0.1, 0.15) is 17.5 Å². The van der Waals surface area contributed by atoms with Crippen LogP contribution in [0, 0.1) is 5.92 Å². The van der Waals surface area contributed by atoms with Crippen LogP contribution in [0.2, 0.25) is 5.02 Å². The predicted octanol–water partition coefficient (Wildman–Crippen LogP) is 5.48. The maximum atomic E-state index is 12.7. The number of halogens is 1. The lowest BCUT2D eigenvalue weighted by molar-refractivity contribution is -0.135. The summed E-state index contributed by atoms with van der Waals surface area (Å²) >= 11 is 6.23. The summed E-state index contributed by atoms with van der Waals surface area (Å²) in [7, 11) is 1.75. The number of hydrogen-bond acceptors (Lipinski definition) is 7. The van der Waals surface area contributed by atoms with Gasteiger partial charge < -0.3 is 14.4 Å². The average Bonchev–Trinajstić information content (AvgIpc) is 3.69. The molecule has 3 aromatic rings. The minimum Gasteiger partial charge on any atom is -0.441 e. The molecule has 2 heterocycles. The topological polar surface area (TPSA) is 98.6 Å². The number of nitrogens with zero attached hydrogens (tertiary/aromatic N) is 4. The molecule has 0 spiro atoms. The molecule has 1 N–H and O–H groups in total. The zero-order valence-corrected chi connectivity index (χ0v) is 21.6. The number of hydrogen-bond donors (Lipinski definition) is 1. The number of aromatic nitrogens is 3. The minimum atomic E-state index is -0.584. The van der Waals surface area contributed by atoms with Gasteiger partial charge in [-0.1, -0.05) is 35.0 Å².